The van der Waals surface area contributed by atoms with Crippen LogP contribution in [-0.2, 0) is 0 Å². The van der Waals surface area contributed by atoms with Gasteiger partial charge in [-0.05, 0) is 19.4 Å². The van der Waals surface area contributed by atoms with E-state index in [-0.39, 0.29) is 0 Å². The van der Waals surface area contributed by atoms with E-state index in [1.807, 2.05) is 25.1 Å². The summed E-state index contributed by atoms with van der Waals surface area (Å²) in [5.41, 5.74) is 4.15. The van der Waals surface area contributed by atoms with Crippen molar-refractivity contribution in [2.75, 3.05) is 0 Å². The average Bonchev–Trinajstić information content (AvgIpc) is 2.48. The molecule has 2 heteroatoms. The van der Waals surface area contributed by atoms with E-state index in [0.29, 0.717) is 0 Å². The fourth-order valence-electron chi connectivity index (χ4n) is 1.47. The van der Waals surface area contributed by atoms with Gasteiger partial charge in [-0.2, -0.15) is 5.10 Å². The molecule has 1 aromatic carbocycles. The minimum absolute atomic E-state index is 0.809. The highest BCUT2D eigenvalue weighted by Gasteiger charge is 2.07. The van der Waals surface area contributed by atoms with Gasteiger partial charge in [-0.1, -0.05) is 30.3 Å². The Labute approximate surface area is 77.6 Å². The lowest BCUT2D eigenvalue weighted by atomic mass is 10.0. The van der Waals surface area contributed by atoms with E-state index in [1.165, 1.54) is 5.56 Å². The molecule has 2 rings (SSSR count). The van der Waals surface area contributed by atoms with Gasteiger partial charge in [0.05, 0.1) is 5.69 Å². The first-order valence-electron chi connectivity index (χ1n) is 4.21. The number of nitrogens with zero attached hydrogens (tertiary/aromatic N) is 1. The number of aromatic amines is 1. The Bertz CT molecular complexity index is 382. The largest absolute Gasteiger partial charge is 0.282 e. The topological polar surface area (TPSA) is 28.7 Å². The van der Waals surface area contributed by atoms with Gasteiger partial charge < -0.3 is 0 Å². The highest BCUT2D eigenvalue weighted by molar-refractivity contribution is 5.68. The zero-order valence-electron chi connectivity index (χ0n) is 7.54. The summed E-state index contributed by atoms with van der Waals surface area (Å²) in [6.07, 6.45) is 0. The van der Waals surface area contributed by atoms with Crippen LogP contribution in [0.5, 0.6) is 0 Å². The summed E-state index contributed by atoms with van der Waals surface area (Å²) in [4.78, 5) is 0. The second kappa shape index (κ2) is 3.05. The Morgan fingerprint density at radius 2 is 1.92 bits per heavy atom. The third kappa shape index (κ3) is 1.35. The number of H-pyrrole nitrogens is 1. The van der Waals surface area contributed by atoms with Crippen LogP contribution < -0.4 is 0 Å². The average molecular weight is 171 g/mol. The number of aromatic nitrogens is 2. The summed E-state index contributed by atoms with van der Waals surface area (Å²) in [5, 5.41) is 6.98. The lowest BCUT2D eigenvalue weighted by Crippen LogP contribution is -1.80. The van der Waals surface area contributed by atoms with Crippen LogP contribution in [0, 0.1) is 13.8 Å². The molecule has 0 fully saturated rings. The van der Waals surface area contributed by atoms with Crippen LogP contribution in [0.4, 0.5) is 0 Å². The molecule has 0 aliphatic heterocycles. The van der Waals surface area contributed by atoms with E-state index in [4.69, 9.17) is 0 Å². The van der Waals surface area contributed by atoms with Gasteiger partial charge in [-0.15, -0.1) is 0 Å². The summed E-state index contributed by atoms with van der Waals surface area (Å²) in [6.45, 7) is 5.88. The SMILES string of the molecule is [CH2]c1n[nH]c(C)c1-c1ccccc1. The Balaban J connectivity index is 2.59. The van der Waals surface area contributed by atoms with Crippen LogP contribution in [0.2, 0.25) is 0 Å². The first-order chi connectivity index (χ1) is 6.29. The number of benzene rings is 1. The van der Waals surface area contributed by atoms with Crippen LogP contribution >= 0.6 is 0 Å². The lowest BCUT2D eigenvalue weighted by Gasteiger charge is -1.99. The highest BCUT2D eigenvalue weighted by atomic mass is 15.1. The van der Waals surface area contributed by atoms with Crippen LogP contribution in [0.25, 0.3) is 11.1 Å². The molecular weight excluding hydrogens is 160 g/mol. The van der Waals surface area contributed by atoms with Gasteiger partial charge in [0.25, 0.3) is 0 Å². The zero-order valence-corrected chi connectivity index (χ0v) is 7.54. The van der Waals surface area contributed by atoms with Gasteiger partial charge in [-0.3, -0.25) is 5.10 Å². The Morgan fingerprint density at radius 3 is 2.46 bits per heavy atom. The van der Waals surface area contributed by atoms with E-state index in [2.05, 4.69) is 29.3 Å². The fourth-order valence-corrected chi connectivity index (χ4v) is 1.47. The standard InChI is InChI=1S/C11H11N2/c1-8-11(9(2)13-12-8)10-6-4-3-5-7-10/h3-7H,1H2,2H3,(H,12,13). The minimum Gasteiger partial charge on any atom is -0.282 e. The van der Waals surface area contributed by atoms with Crippen LogP contribution in [0.15, 0.2) is 30.3 Å². The summed E-state index contributed by atoms with van der Waals surface area (Å²) in [7, 11) is 0. The molecule has 0 amide bonds. The van der Waals surface area contributed by atoms with Gasteiger partial charge in [0.15, 0.2) is 0 Å². The maximum atomic E-state index is 4.06. The van der Waals surface area contributed by atoms with E-state index in [1.54, 1.807) is 0 Å². The molecule has 0 saturated carbocycles. The van der Waals surface area contributed by atoms with Crippen molar-refractivity contribution in [2.24, 2.45) is 0 Å². The number of hydrogen-bond donors (Lipinski definition) is 1. The lowest BCUT2D eigenvalue weighted by molar-refractivity contribution is 1.03. The Kier molecular flexibility index (Phi) is 1.89. The maximum absolute atomic E-state index is 4.06. The fraction of sp³-hybridized carbons (Fsp3) is 0.0909. The van der Waals surface area contributed by atoms with Crippen molar-refractivity contribution in [3.05, 3.63) is 48.6 Å². The van der Waals surface area contributed by atoms with Gasteiger partial charge in [0, 0.05) is 11.3 Å². The van der Waals surface area contributed by atoms with Gasteiger partial charge in [-0.25, -0.2) is 0 Å². The third-order valence-corrected chi connectivity index (χ3v) is 2.08. The van der Waals surface area contributed by atoms with E-state index in [9.17, 15) is 0 Å². The van der Waals surface area contributed by atoms with Crippen molar-refractivity contribution >= 4 is 0 Å². The Morgan fingerprint density at radius 1 is 1.23 bits per heavy atom. The molecule has 0 unspecified atom stereocenters. The van der Waals surface area contributed by atoms with Gasteiger partial charge >= 0.3 is 0 Å². The highest BCUT2D eigenvalue weighted by Crippen LogP contribution is 2.24. The van der Waals surface area contributed by atoms with Crippen molar-refractivity contribution in [1.29, 1.82) is 0 Å². The predicted octanol–water partition coefficient (Wildman–Crippen LogP) is 2.57. The number of aryl methyl sites for hydroxylation is 1. The van der Waals surface area contributed by atoms with Crippen LogP contribution in [0.3, 0.4) is 0 Å². The number of nitrogens with one attached hydrogen (secondary N) is 1. The molecule has 0 aliphatic carbocycles. The van der Waals surface area contributed by atoms with E-state index >= 15 is 0 Å². The van der Waals surface area contributed by atoms with Crippen LogP contribution in [-0.4, -0.2) is 10.2 Å². The molecule has 0 aliphatic rings. The van der Waals surface area contributed by atoms with Crippen molar-refractivity contribution in [3.63, 3.8) is 0 Å². The molecule has 13 heavy (non-hydrogen) atoms. The first kappa shape index (κ1) is 8.05. The normalized spacial score (nSPS) is 10.3. The molecule has 1 radical (unpaired) electrons. The zero-order chi connectivity index (χ0) is 9.26. The smallest absolute Gasteiger partial charge is 0.0707 e. The summed E-state index contributed by atoms with van der Waals surface area (Å²) < 4.78 is 0. The van der Waals surface area contributed by atoms with Crippen molar-refractivity contribution < 1.29 is 0 Å². The van der Waals surface area contributed by atoms with Crippen molar-refractivity contribution in [3.8, 4) is 11.1 Å². The van der Waals surface area contributed by atoms with Gasteiger partial charge in [0.2, 0.25) is 0 Å². The molecule has 1 heterocycles. The van der Waals surface area contributed by atoms with E-state index < -0.39 is 0 Å². The number of rotatable bonds is 1. The predicted molar refractivity (Wildman–Crippen MR) is 53.2 cm³/mol. The molecule has 0 atom stereocenters. The molecule has 2 nitrogen and oxygen atoms in total. The van der Waals surface area contributed by atoms with Crippen molar-refractivity contribution in [1.82, 2.24) is 10.2 Å². The summed E-state index contributed by atoms with van der Waals surface area (Å²) in [5.74, 6) is 0. The molecule has 2 aromatic rings. The molecule has 0 bridgehead atoms. The summed E-state index contributed by atoms with van der Waals surface area (Å²) >= 11 is 0. The first-order valence-corrected chi connectivity index (χ1v) is 4.21. The molecule has 65 valence electrons. The van der Waals surface area contributed by atoms with E-state index in [0.717, 1.165) is 17.0 Å². The molecule has 1 aromatic heterocycles. The molecule has 1 N–H and O–H groups in total. The Hall–Kier alpha value is -1.57. The van der Waals surface area contributed by atoms with Crippen LogP contribution in [0.1, 0.15) is 11.4 Å². The maximum Gasteiger partial charge on any atom is 0.0707 e. The molecular formula is C11H11N2. The third-order valence-electron chi connectivity index (χ3n) is 2.08. The monoisotopic (exact) mass is 171 g/mol. The van der Waals surface area contributed by atoms with Crippen molar-refractivity contribution in [2.45, 2.75) is 6.92 Å². The molecule has 0 saturated heterocycles. The second-order valence-corrected chi connectivity index (χ2v) is 3.04. The number of hydrogen-bond acceptors (Lipinski definition) is 1. The minimum atomic E-state index is 0.809. The quantitative estimate of drug-likeness (QED) is 0.701. The van der Waals surface area contributed by atoms with Gasteiger partial charge in [0.1, 0.15) is 0 Å². The molecule has 0 spiro atoms. The summed E-state index contributed by atoms with van der Waals surface area (Å²) in [6, 6.07) is 10.2. The second-order valence-electron chi connectivity index (χ2n) is 3.04.